The van der Waals surface area contributed by atoms with Crippen LogP contribution in [-0.4, -0.2) is 100 Å². The Hall–Kier alpha value is -4.21. The molecule has 3 aliphatic rings. The van der Waals surface area contributed by atoms with E-state index >= 15 is 0 Å². The summed E-state index contributed by atoms with van der Waals surface area (Å²) in [6.07, 6.45) is -8.52. The van der Waals surface area contributed by atoms with E-state index in [1.165, 1.54) is 0 Å². The zero-order chi connectivity index (χ0) is 36.6. The lowest BCUT2D eigenvalue weighted by atomic mass is 9.96. The Labute approximate surface area is 308 Å². The molecule has 1 saturated heterocycles. The van der Waals surface area contributed by atoms with E-state index in [0.29, 0.717) is 6.61 Å². The zero-order valence-corrected chi connectivity index (χ0v) is 29.2. The van der Waals surface area contributed by atoms with Gasteiger partial charge in [-0.25, -0.2) is 4.99 Å². The lowest BCUT2D eigenvalue weighted by Gasteiger charge is -2.46. The largest absolute Gasteiger partial charge is 0.451 e. The van der Waals surface area contributed by atoms with E-state index in [0.717, 1.165) is 22.3 Å². The van der Waals surface area contributed by atoms with Gasteiger partial charge in [0, 0.05) is 0 Å². The summed E-state index contributed by atoms with van der Waals surface area (Å²) in [7, 11) is 0. The monoisotopic (exact) mass is 726 g/mol. The van der Waals surface area contributed by atoms with Crippen molar-refractivity contribution in [2.75, 3.05) is 13.2 Å². The van der Waals surface area contributed by atoms with E-state index in [-0.39, 0.29) is 32.4 Å². The maximum atomic E-state index is 10.8. The van der Waals surface area contributed by atoms with Crippen molar-refractivity contribution in [1.29, 1.82) is 0 Å². The van der Waals surface area contributed by atoms with Crippen LogP contribution in [0.1, 0.15) is 22.3 Å². The number of nitrogens with one attached hydrogen (secondary N) is 1. The second-order valence-corrected chi connectivity index (χ2v) is 13.5. The molecule has 5 N–H and O–H groups in total. The molecule has 0 amide bonds. The third-order valence-corrected chi connectivity index (χ3v) is 9.94. The van der Waals surface area contributed by atoms with Crippen LogP contribution in [-0.2, 0) is 54.8 Å². The van der Waals surface area contributed by atoms with Crippen LogP contribution < -0.4 is 5.32 Å². The summed E-state index contributed by atoms with van der Waals surface area (Å²) in [5.74, 6) is 0. The Bertz CT molecular complexity index is 1740. The van der Waals surface area contributed by atoms with Gasteiger partial charge in [-0.05, 0) is 22.3 Å². The Kier molecular flexibility index (Phi) is 12.1. The first-order chi connectivity index (χ1) is 25.9. The van der Waals surface area contributed by atoms with Crippen LogP contribution in [0, 0.1) is 0 Å². The van der Waals surface area contributed by atoms with Crippen molar-refractivity contribution >= 4 is 6.02 Å². The molecule has 7 rings (SSSR count). The summed E-state index contributed by atoms with van der Waals surface area (Å²) >= 11 is 0. The van der Waals surface area contributed by atoms with Crippen molar-refractivity contribution in [2.45, 2.75) is 87.0 Å². The van der Waals surface area contributed by atoms with Crippen molar-refractivity contribution in [3.8, 4) is 0 Å². The fourth-order valence-electron chi connectivity index (χ4n) is 7.08. The fraction of sp³-hybridized carbons (Fsp3) is 0.390. The van der Waals surface area contributed by atoms with Gasteiger partial charge in [-0.15, -0.1) is 0 Å². The topological polar surface area (TPSA) is 161 Å². The van der Waals surface area contributed by atoms with E-state index in [1.54, 1.807) is 0 Å². The molecule has 2 aliphatic heterocycles. The predicted molar refractivity (Wildman–Crippen MR) is 193 cm³/mol. The van der Waals surface area contributed by atoms with E-state index in [4.69, 9.17) is 28.4 Å². The van der Waals surface area contributed by atoms with Gasteiger partial charge in [0.05, 0.1) is 39.6 Å². The highest BCUT2D eigenvalue weighted by Crippen LogP contribution is 2.41. The maximum Gasteiger partial charge on any atom is 0.288 e. The number of aliphatic hydroxyl groups is 4. The molecule has 4 aromatic carbocycles. The number of amidine groups is 1. The van der Waals surface area contributed by atoms with Crippen LogP contribution in [0.3, 0.4) is 0 Å². The van der Waals surface area contributed by atoms with Gasteiger partial charge >= 0.3 is 0 Å². The van der Waals surface area contributed by atoms with Gasteiger partial charge in [-0.2, -0.15) is 0 Å². The average molecular weight is 727 g/mol. The van der Waals surface area contributed by atoms with E-state index in [1.807, 2.05) is 121 Å². The Morgan fingerprint density at radius 1 is 0.604 bits per heavy atom. The van der Waals surface area contributed by atoms with Gasteiger partial charge in [0.1, 0.15) is 48.8 Å². The molecule has 280 valence electrons. The van der Waals surface area contributed by atoms with Gasteiger partial charge in [0.25, 0.3) is 6.02 Å². The molecule has 53 heavy (non-hydrogen) atoms. The van der Waals surface area contributed by atoms with E-state index < -0.39 is 67.2 Å². The number of nitrogens with zero attached hydrogens (tertiary/aromatic N) is 1. The summed E-state index contributed by atoms with van der Waals surface area (Å²) in [5.41, 5.74) is 2.08. The molecule has 1 saturated carbocycles. The molecule has 4 aromatic rings. The molecular formula is C41H46N2O10. The summed E-state index contributed by atoms with van der Waals surface area (Å²) < 4.78 is 39.2. The molecular weight excluding hydrogens is 680 g/mol. The van der Waals surface area contributed by atoms with Gasteiger partial charge in [-0.1, -0.05) is 121 Å². The van der Waals surface area contributed by atoms with Crippen LogP contribution in [0.4, 0.5) is 0 Å². The molecule has 0 spiro atoms. The molecule has 0 unspecified atom stereocenters. The minimum Gasteiger partial charge on any atom is -0.451 e. The quantitative estimate of drug-likeness (QED) is 0.123. The number of aliphatic imine (C=N–C) groups is 1. The minimum absolute atomic E-state index is 0.0956. The lowest BCUT2D eigenvalue weighted by Crippen LogP contribution is -2.65. The van der Waals surface area contributed by atoms with Crippen LogP contribution in [0.25, 0.3) is 0 Å². The molecule has 12 heteroatoms. The highest BCUT2D eigenvalue weighted by Gasteiger charge is 2.65. The van der Waals surface area contributed by atoms with Gasteiger partial charge in [0.15, 0.2) is 11.8 Å². The summed E-state index contributed by atoms with van der Waals surface area (Å²) in [6.45, 7) is 0.489. The number of aliphatic hydroxyl groups excluding tert-OH is 4. The highest BCUT2D eigenvalue weighted by molar-refractivity contribution is 5.77. The van der Waals surface area contributed by atoms with Gasteiger partial charge < -0.3 is 54.2 Å². The van der Waals surface area contributed by atoms with E-state index in [9.17, 15) is 20.4 Å². The number of ether oxygens (including phenoxy) is 6. The molecule has 0 radical (unpaired) electrons. The summed E-state index contributed by atoms with van der Waals surface area (Å²) in [6, 6.07) is 37.9. The Morgan fingerprint density at radius 2 is 1.08 bits per heavy atom. The van der Waals surface area contributed by atoms with Crippen molar-refractivity contribution in [2.24, 2.45) is 4.99 Å². The third kappa shape index (κ3) is 8.47. The van der Waals surface area contributed by atoms with Crippen molar-refractivity contribution in [1.82, 2.24) is 5.32 Å². The van der Waals surface area contributed by atoms with Crippen LogP contribution in [0.5, 0.6) is 0 Å². The minimum atomic E-state index is -1.75. The van der Waals surface area contributed by atoms with Gasteiger partial charge in [0.2, 0.25) is 0 Å². The molecule has 12 nitrogen and oxygen atoms in total. The SMILES string of the molecule is OC[C@@]12OC(N[C@H]3O[C@H](COCc4ccccc4)[C@@H](OCc4ccccc4)[C@H](OCc4ccccc4)[C@H]3OCc3ccccc3)=N[C@@H]1[C@H](O)[C@@H](O)[C@H]2O. The summed E-state index contributed by atoms with van der Waals surface area (Å²) in [5, 5.41) is 45.4. The standard InChI is InChI=1S/C41H46N2O10/c44-26-41-37(32(45)33(46)38(41)47)42-40(53-41)43-39-36(51-24-30-19-11-4-12-20-30)35(50-23-29-17-9-3-10-18-29)34(49-22-28-15-7-2-8-16-28)31(52-39)25-48-21-27-13-5-1-6-14-27/h1-20,31-39,44-47H,21-26H2,(H,42,43)/t31-,32-,33-,34-,35+,36-,37-,38-,39+,41-/m1/s1. The number of benzene rings is 4. The number of hydrogen-bond acceptors (Lipinski definition) is 12. The predicted octanol–water partition coefficient (Wildman–Crippen LogP) is 2.86. The first-order valence-electron chi connectivity index (χ1n) is 17.9. The second kappa shape index (κ2) is 17.3. The molecule has 2 fully saturated rings. The Morgan fingerprint density at radius 3 is 1.57 bits per heavy atom. The highest BCUT2D eigenvalue weighted by atomic mass is 16.6. The van der Waals surface area contributed by atoms with Crippen molar-refractivity contribution in [3.63, 3.8) is 0 Å². The summed E-state index contributed by atoms with van der Waals surface area (Å²) in [4.78, 5) is 4.48. The van der Waals surface area contributed by atoms with Crippen molar-refractivity contribution < 1.29 is 48.8 Å². The number of rotatable bonds is 15. The first kappa shape index (κ1) is 37.1. The third-order valence-electron chi connectivity index (χ3n) is 9.94. The van der Waals surface area contributed by atoms with Crippen LogP contribution in [0.15, 0.2) is 126 Å². The lowest BCUT2D eigenvalue weighted by molar-refractivity contribution is -0.276. The normalized spacial score (nSPS) is 30.7. The molecule has 1 aliphatic carbocycles. The Balaban J connectivity index is 1.22. The molecule has 0 aromatic heterocycles. The molecule has 2 heterocycles. The second-order valence-electron chi connectivity index (χ2n) is 13.5. The fourth-order valence-corrected chi connectivity index (χ4v) is 7.08. The molecule has 0 bridgehead atoms. The van der Waals surface area contributed by atoms with Crippen LogP contribution >= 0.6 is 0 Å². The van der Waals surface area contributed by atoms with Crippen molar-refractivity contribution in [3.05, 3.63) is 144 Å². The average Bonchev–Trinajstić information content (AvgIpc) is 3.66. The smallest absolute Gasteiger partial charge is 0.288 e. The van der Waals surface area contributed by atoms with Crippen LogP contribution in [0.2, 0.25) is 0 Å². The molecule has 10 atom stereocenters. The zero-order valence-electron chi connectivity index (χ0n) is 29.2. The number of fused-ring (bicyclic) bond motifs is 1. The van der Waals surface area contributed by atoms with E-state index in [2.05, 4.69) is 10.3 Å². The first-order valence-corrected chi connectivity index (χ1v) is 17.9. The number of hydrogen-bond donors (Lipinski definition) is 5. The van der Waals surface area contributed by atoms with Gasteiger partial charge in [-0.3, -0.25) is 0 Å². The maximum absolute atomic E-state index is 10.8.